The van der Waals surface area contributed by atoms with Crippen LogP contribution in [0.2, 0.25) is 0 Å². The Kier molecular flexibility index (Phi) is 3.71. The molecule has 2 N–H and O–H groups in total. The summed E-state index contributed by atoms with van der Waals surface area (Å²) in [5.41, 5.74) is 5.98. The summed E-state index contributed by atoms with van der Waals surface area (Å²) < 4.78 is 0. The molecule has 5 heteroatoms. The van der Waals surface area contributed by atoms with E-state index in [4.69, 9.17) is 5.73 Å². The second-order valence-corrected chi connectivity index (χ2v) is 6.72. The predicted octanol–water partition coefficient (Wildman–Crippen LogP) is 0.583. The molecule has 0 radical (unpaired) electrons. The normalized spacial score (nSPS) is 38.0. The molecule has 2 aliphatic heterocycles. The van der Waals surface area contributed by atoms with E-state index in [1.54, 1.807) is 0 Å². The number of nitrogens with zero attached hydrogens (tertiary/aromatic N) is 2. The minimum Gasteiger partial charge on any atom is -0.339 e. The smallest absolute Gasteiger partial charge is 0.226 e. The Morgan fingerprint density at radius 3 is 2.80 bits per heavy atom. The Bertz CT molecular complexity index is 412. The van der Waals surface area contributed by atoms with E-state index in [-0.39, 0.29) is 23.9 Å². The van der Waals surface area contributed by atoms with Crippen molar-refractivity contribution in [1.82, 2.24) is 9.80 Å². The molecule has 4 unspecified atom stereocenters. The highest BCUT2D eigenvalue weighted by molar-refractivity contribution is 5.81. The molecule has 2 heterocycles. The fourth-order valence-corrected chi connectivity index (χ4v) is 4.10. The molecule has 2 saturated heterocycles. The van der Waals surface area contributed by atoms with Gasteiger partial charge < -0.3 is 15.5 Å². The molecule has 1 aliphatic carbocycles. The van der Waals surface area contributed by atoms with Gasteiger partial charge in [-0.25, -0.2) is 0 Å². The van der Waals surface area contributed by atoms with Crippen LogP contribution in [-0.4, -0.2) is 53.3 Å². The third kappa shape index (κ3) is 2.43. The van der Waals surface area contributed by atoms with Crippen LogP contribution in [0, 0.1) is 11.8 Å². The van der Waals surface area contributed by atoms with Gasteiger partial charge in [0.25, 0.3) is 0 Å². The van der Waals surface area contributed by atoms with Gasteiger partial charge in [-0.3, -0.25) is 9.59 Å². The Balaban J connectivity index is 1.62. The maximum Gasteiger partial charge on any atom is 0.226 e. The SMILES string of the molecule is CC1CC(N)CCC1C(=O)N1CCN2C(=O)CCC2C1. The minimum absolute atomic E-state index is 0.137. The number of fused-ring (bicyclic) bond motifs is 1. The molecule has 112 valence electrons. The van der Waals surface area contributed by atoms with Crippen LogP contribution in [0.25, 0.3) is 0 Å². The van der Waals surface area contributed by atoms with Gasteiger partial charge in [0.2, 0.25) is 11.8 Å². The highest BCUT2D eigenvalue weighted by Crippen LogP contribution is 2.32. The number of piperazine rings is 1. The number of hydrogen-bond donors (Lipinski definition) is 1. The summed E-state index contributed by atoms with van der Waals surface area (Å²) in [6.45, 7) is 4.31. The van der Waals surface area contributed by atoms with Crippen molar-refractivity contribution in [1.29, 1.82) is 0 Å². The Morgan fingerprint density at radius 2 is 2.05 bits per heavy atom. The minimum atomic E-state index is 0.137. The number of nitrogens with two attached hydrogens (primary N) is 1. The van der Waals surface area contributed by atoms with Gasteiger partial charge in [-0.15, -0.1) is 0 Å². The summed E-state index contributed by atoms with van der Waals surface area (Å²) in [4.78, 5) is 28.4. The molecule has 3 aliphatic rings. The van der Waals surface area contributed by atoms with Crippen molar-refractivity contribution in [3.63, 3.8) is 0 Å². The van der Waals surface area contributed by atoms with Crippen molar-refractivity contribution in [3.8, 4) is 0 Å². The molecule has 0 aromatic carbocycles. The molecule has 2 amide bonds. The number of amides is 2. The molecular weight excluding hydrogens is 254 g/mol. The number of rotatable bonds is 1. The first-order valence-electron chi connectivity index (χ1n) is 7.90. The van der Waals surface area contributed by atoms with E-state index in [1.165, 1.54) is 0 Å². The Hall–Kier alpha value is -1.10. The van der Waals surface area contributed by atoms with E-state index < -0.39 is 0 Å². The standard InChI is InChI=1S/C15H25N3O2/c1-10-8-11(16)2-4-13(10)15(20)17-6-7-18-12(9-17)3-5-14(18)19/h10-13H,2-9,16H2,1H3. The van der Waals surface area contributed by atoms with Gasteiger partial charge in [0.05, 0.1) is 0 Å². The zero-order valence-electron chi connectivity index (χ0n) is 12.3. The average molecular weight is 279 g/mol. The van der Waals surface area contributed by atoms with Gasteiger partial charge in [-0.2, -0.15) is 0 Å². The van der Waals surface area contributed by atoms with Crippen LogP contribution in [0.15, 0.2) is 0 Å². The largest absolute Gasteiger partial charge is 0.339 e. The summed E-state index contributed by atoms with van der Waals surface area (Å²) in [6, 6.07) is 0.528. The van der Waals surface area contributed by atoms with Gasteiger partial charge in [-0.05, 0) is 31.6 Å². The van der Waals surface area contributed by atoms with E-state index in [9.17, 15) is 9.59 Å². The van der Waals surface area contributed by atoms with E-state index in [0.29, 0.717) is 24.8 Å². The molecule has 0 aromatic rings. The maximum absolute atomic E-state index is 12.7. The summed E-state index contributed by atoms with van der Waals surface area (Å²) in [7, 11) is 0. The van der Waals surface area contributed by atoms with Crippen LogP contribution >= 0.6 is 0 Å². The second kappa shape index (κ2) is 5.35. The van der Waals surface area contributed by atoms with E-state index >= 15 is 0 Å². The third-order valence-electron chi connectivity index (χ3n) is 5.33. The average Bonchev–Trinajstić information content (AvgIpc) is 2.79. The number of carbonyl (C=O) groups is 2. The monoisotopic (exact) mass is 279 g/mol. The van der Waals surface area contributed by atoms with Crippen molar-refractivity contribution in [2.45, 2.75) is 51.1 Å². The molecule has 1 saturated carbocycles. The highest BCUT2D eigenvalue weighted by atomic mass is 16.2. The van der Waals surface area contributed by atoms with Gasteiger partial charge in [0.1, 0.15) is 0 Å². The van der Waals surface area contributed by atoms with Crippen molar-refractivity contribution in [3.05, 3.63) is 0 Å². The highest BCUT2D eigenvalue weighted by Gasteiger charge is 2.40. The third-order valence-corrected chi connectivity index (χ3v) is 5.33. The summed E-state index contributed by atoms with van der Waals surface area (Å²) >= 11 is 0. The lowest BCUT2D eigenvalue weighted by Gasteiger charge is -2.41. The van der Waals surface area contributed by atoms with Gasteiger partial charge >= 0.3 is 0 Å². The van der Waals surface area contributed by atoms with E-state index in [2.05, 4.69) is 6.92 Å². The molecule has 5 nitrogen and oxygen atoms in total. The molecule has 0 spiro atoms. The summed E-state index contributed by atoms with van der Waals surface area (Å²) in [5.74, 6) is 1.08. The zero-order valence-corrected chi connectivity index (χ0v) is 12.3. The van der Waals surface area contributed by atoms with Crippen molar-refractivity contribution >= 4 is 11.8 Å². The first kappa shape index (κ1) is 13.9. The van der Waals surface area contributed by atoms with Crippen LogP contribution in [0.1, 0.15) is 39.0 Å². The van der Waals surface area contributed by atoms with Crippen LogP contribution in [0.4, 0.5) is 0 Å². The van der Waals surface area contributed by atoms with Crippen LogP contribution in [0.5, 0.6) is 0 Å². The van der Waals surface area contributed by atoms with Crippen LogP contribution < -0.4 is 5.73 Å². The molecule has 3 rings (SSSR count). The number of hydrogen-bond acceptors (Lipinski definition) is 3. The Labute approximate surface area is 120 Å². The lowest BCUT2D eigenvalue weighted by Crippen LogP contribution is -2.55. The summed E-state index contributed by atoms with van der Waals surface area (Å²) in [6.07, 6.45) is 4.40. The molecular formula is C15H25N3O2. The fraction of sp³-hybridized carbons (Fsp3) is 0.867. The molecule has 20 heavy (non-hydrogen) atoms. The second-order valence-electron chi connectivity index (χ2n) is 6.72. The fourth-order valence-electron chi connectivity index (χ4n) is 4.10. The van der Waals surface area contributed by atoms with Crippen molar-refractivity contribution in [2.24, 2.45) is 17.6 Å². The van der Waals surface area contributed by atoms with Crippen LogP contribution in [-0.2, 0) is 9.59 Å². The van der Waals surface area contributed by atoms with Gasteiger partial charge in [0.15, 0.2) is 0 Å². The lowest BCUT2D eigenvalue weighted by atomic mass is 9.77. The van der Waals surface area contributed by atoms with Crippen molar-refractivity contribution < 1.29 is 9.59 Å². The molecule has 0 aromatic heterocycles. The van der Waals surface area contributed by atoms with E-state index in [0.717, 1.165) is 38.8 Å². The molecule has 0 bridgehead atoms. The van der Waals surface area contributed by atoms with E-state index in [1.807, 2.05) is 9.80 Å². The predicted molar refractivity (Wildman–Crippen MR) is 75.8 cm³/mol. The molecule has 3 fully saturated rings. The topological polar surface area (TPSA) is 66.6 Å². The zero-order chi connectivity index (χ0) is 14.3. The van der Waals surface area contributed by atoms with Crippen LogP contribution in [0.3, 0.4) is 0 Å². The summed E-state index contributed by atoms with van der Waals surface area (Å²) in [5, 5.41) is 0. The Morgan fingerprint density at radius 1 is 1.25 bits per heavy atom. The van der Waals surface area contributed by atoms with Gasteiger partial charge in [0, 0.05) is 44.1 Å². The first-order valence-corrected chi connectivity index (χ1v) is 7.90. The van der Waals surface area contributed by atoms with Gasteiger partial charge in [-0.1, -0.05) is 6.92 Å². The van der Waals surface area contributed by atoms with Crippen molar-refractivity contribution in [2.75, 3.05) is 19.6 Å². The molecule has 4 atom stereocenters. The first-order chi connectivity index (χ1) is 9.56. The number of carbonyl (C=O) groups excluding carboxylic acids is 2. The quantitative estimate of drug-likeness (QED) is 0.763. The maximum atomic E-state index is 12.7. The lowest BCUT2D eigenvalue weighted by molar-refractivity contribution is -0.144.